The summed E-state index contributed by atoms with van der Waals surface area (Å²) in [6.07, 6.45) is 3.97. The first-order chi connectivity index (χ1) is 10.6. The number of benzene rings is 1. The highest BCUT2D eigenvalue weighted by atomic mass is 16.2. The first kappa shape index (κ1) is 15.0. The van der Waals surface area contributed by atoms with Crippen molar-refractivity contribution in [2.75, 3.05) is 25.5 Å². The molecule has 0 aromatic heterocycles. The van der Waals surface area contributed by atoms with Crippen LogP contribution in [0.25, 0.3) is 0 Å². The van der Waals surface area contributed by atoms with Crippen LogP contribution < -0.4 is 10.6 Å². The van der Waals surface area contributed by atoms with Crippen LogP contribution in [-0.4, -0.2) is 42.9 Å². The van der Waals surface area contributed by atoms with Gasteiger partial charge in [-0.3, -0.25) is 9.59 Å². The molecule has 22 heavy (non-hydrogen) atoms. The lowest BCUT2D eigenvalue weighted by atomic mass is 10.0. The summed E-state index contributed by atoms with van der Waals surface area (Å²) in [5.74, 6) is 0.324. The van der Waals surface area contributed by atoms with Crippen LogP contribution in [0.1, 0.15) is 36.0 Å². The molecule has 1 saturated carbocycles. The Morgan fingerprint density at radius 1 is 1.09 bits per heavy atom. The predicted octanol–water partition coefficient (Wildman–Crippen LogP) is 1.86. The van der Waals surface area contributed by atoms with E-state index in [1.807, 2.05) is 24.1 Å². The molecule has 0 atom stereocenters. The molecule has 2 N–H and O–H groups in total. The Labute approximate surface area is 131 Å². The van der Waals surface area contributed by atoms with E-state index in [0.717, 1.165) is 44.5 Å². The zero-order valence-electron chi connectivity index (χ0n) is 13.0. The van der Waals surface area contributed by atoms with Crippen LogP contribution in [0.5, 0.6) is 0 Å². The second-order valence-electron chi connectivity index (χ2n) is 6.24. The van der Waals surface area contributed by atoms with Gasteiger partial charge in [0.1, 0.15) is 0 Å². The number of carbonyl (C=O) groups is 2. The molecule has 2 aliphatic rings. The Bertz CT molecular complexity index is 546. The summed E-state index contributed by atoms with van der Waals surface area (Å²) in [4.78, 5) is 26.1. The monoisotopic (exact) mass is 301 g/mol. The fourth-order valence-corrected chi connectivity index (χ4v) is 2.85. The Morgan fingerprint density at radius 2 is 1.73 bits per heavy atom. The summed E-state index contributed by atoms with van der Waals surface area (Å²) in [5.41, 5.74) is 1.43. The molecule has 5 nitrogen and oxygen atoms in total. The van der Waals surface area contributed by atoms with Crippen molar-refractivity contribution in [1.82, 2.24) is 10.2 Å². The first-order valence-electron chi connectivity index (χ1n) is 8.04. The maximum absolute atomic E-state index is 12.5. The van der Waals surface area contributed by atoms with Crippen LogP contribution >= 0.6 is 0 Å². The van der Waals surface area contributed by atoms with Crippen molar-refractivity contribution in [2.24, 2.45) is 5.92 Å². The molecule has 0 bridgehead atoms. The normalized spacial score (nSPS) is 18.8. The maximum atomic E-state index is 12.5. The Balaban J connectivity index is 1.61. The molecular weight excluding hydrogens is 278 g/mol. The molecule has 1 aliphatic carbocycles. The molecule has 118 valence electrons. The third-order valence-electron chi connectivity index (χ3n) is 4.52. The van der Waals surface area contributed by atoms with Gasteiger partial charge in [-0.15, -0.1) is 0 Å². The van der Waals surface area contributed by atoms with Crippen LogP contribution in [0.3, 0.4) is 0 Å². The summed E-state index contributed by atoms with van der Waals surface area (Å²) >= 11 is 0. The lowest BCUT2D eigenvalue weighted by molar-refractivity contribution is -0.117. The average Bonchev–Trinajstić information content (AvgIpc) is 3.40. The van der Waals surface area contributed by atoms with Gasteiger partial charge in [-0.25, -0.2) is 0 Å². The van der Waals surface area contributed by atoms with E-state index in [1.54, 1.807) is 12.1 Å². The lowest BCUT2D eigenvalue weighted by Crippen LogP contribution is -2.43. The molecule has 1 aliphatic heterocycles. The molecular formula is C17H23N3O2. The molecule has 5 heteroatoms. The van der Waals surface area contributed by atoms with Crippen LogP contribution in [-0.2, 0) is 4.79 Å². The molecule has 1 heterocycles. The molecule has 0 unspecified atom stereocenters. The second-order valence-corrected chi connectivity index (χ2v) is 6.24. The van der Waals surface area contributed by atoms with E-state index in [-0.39, 0.29) is 17.7 Å². The highest BCUT2D eigenvalue weighted by Gasteiger charge is 2.29. The molecule has 1 aromatic carbocycles. The molecule has 2 fully saturated rings. The highest BCUT2D eigenvalue weighted by molar-refractivity contribution is 5.96. The van der Waals surface area contributed by atoms with E-state index in [0.29, 0.717) is 11.6 Å². The van der Waals surface area contributed by atoms with Gasteiger partial charge in [0.05, 0.1) is 0 Å². The van der Waals surface area contributed by atoms with Gasteiger partial charge in [0, 0.05) is 30.3 Å². The van der Waals surface area contributed by atoms with Crippen molar-refractivity contribution >= 4 is 17.5 Å². The molecule has 2 amide bonds. The molecule has 0 spiro atoms. The maximum Gasteiger partial charge on any atom is 0.253 e. The minimum absolute atomic E-state index is 0.0481. The number of nitrogens with one attached hydrogen (secondary N) is 2. The van der Waals surface area contributed by atoms with Crippen molar-refractivity contribution in [3.8, 4) is 0 Å². The molecule has 1 saturated heterocycles. The van der Waals surface area contributed by atoms with Crippen molar-refractivity contribution in [2.45, 2.75) is 31.7 Å². The summed E-state index contributed by atoms with van der Waals surface area (Å²) in [5, 5.41) is 6.20. The zero-order chi connectivity index (χ0) is 15.5. The van der Waals surface area contributed by atoms with Gasteiger partial charge in [-0.1, -0.05) is 0 Å². The smallest absolute Gasteiger partial charge is 0.253 e. The third-order valence-corrected chi connectivity index (χ3v) is 4.52. The first-order valence-corrected chi connectivity index (χ1v) is 8.04. The summed E-state index contributed by atoms with van der Waals surface area (Å²) < 4.78 is 0. The average molecular weight is 301 g/mol. The van der Waals surface area contributed by atoms with Gasteiger partial charge in [0.2, 0.25) is 5.91 Å². The van der Waals surface area contributed by atoms with Crippen LogP contribution in [0.2, 0.25) is 0 Å². The van der Waals surface area contributed by atoms with Gasteiger partial charge in [0.25, 0.3) is 5.91 Å². The van der Waals surface area contributed by atoms with Crippen LogP contribution in [0, 0.1) is 5.92 Å². The van der Waals surface area contributed by atoms with E-state index in [4.69, 9.17) is 0 Å². The van der Waals surface area contributed by atoms with Gasteiger partial charge in [-0.2, -0.15) is 0 Å². The van der Waals surface area contributed by atoms with E-state index in [1.165, 1.54) is 0 Å². The Kier molecular flexibility index (Phi) is 4.43. The van der Waals surface area contributed by atoms with Crippen molar-refractivity contribution in [3.05, 3.63) is 29.8 Å². The quantitative estimate of drug-likeness (QED) is 0.892. The van der Waals surface area contributed by atoms with E-state index >= 15 is 0 Å². The summed E-state index contributed by atoms with van der Waals surface area (Å²) in [6.45, 7) is 1.93. The Morgan fingerprint density at radius 3 is 2.32 bits per heavy atom. The van der Waals surface area contributed by atoms with Gasteiger partial charge < -0.3 is 15.5 Å². The molecule has 3 rings (SSSR count). The predicted molar refractivity (Wildman–Crippen MR) is 85.8 cm³/mol. The zero-order valence-corrected chi connectivity index (χ0v) is 13.0. The van der Waals surface area contributed by atoms with Crippen LogP contribution in [0.15, 0.2) is 24.3 Å². The summed E-state index contributed by atoms with van der Waals surface area (Å²) in [6, 6.07) is 7.52. The van der Waals surface area contributed by atoms with Gasteiger partial charge >= 0.3 is 0 Å². The lowest BCUT2D eigenvalue weighted by Gasteiger charge is -2.31. The number of rotatable bonds is 4. The van der Waals surface area contributed by atoms with Gasteiger partial charge in [-0.05, 0) is 63.0 Å². The topological polar surface area (TPSA) is 61.4 Å². The minimum atomic E-state index is 0.0481. The fourth-order valence-electron chi connectivity index (χ4n) is 2.85. The van der Waals surface area contributed by atoms with Crippen molar-refractivity contribution in [1.29, 1.82) is 0 Å². The number of piperidine rings is 1. The minimum Gasteiger partial charge on any atom is -0.339 e. The SMILES string of the molecule is CN(C(=O)c1ccc(NC(=O)C2CC2)cc1)C1CCNCC1. The largest absolute Gasteiger partial charge is 0.339 e. The number of carbonyl (C=O) groups excluding carboxylic acids is 2. The fraction of sp³-hybridized carbons (Fsp3) is 0.529. The number of anilines is 1. The number of amides is 2. The second kappa shape index (κ2) is 6.48. The summed E-state index contributed by atoms with van der Waals surface area (Å²) in [7, 11) is 1.88. The van der Waals surface area contributed by atoms with Crippen molar-refractivity contribution in [3.63, 3.8) is 0 Å². The van der Waals surface area contributed by atoms with Crippen LogP contribution in [0.4, 0.5) is 5.69 Å². The highest BCUT2D eigenvalue weighted by Crippen LogP contribution is 2.30. The van der Waals surface area contributed by atoms with Crippen molar-refractivity contribution < 1.29 is 9.59 Å². The number of hydrogen-bond donors (Lipinski definition) is 2. The van der Waals surface area contributed by atoms with E-state index in [2.05, 4.69) is 10.6 Å². The standard InChI is InChI=1S/C17H23N3O2/c1-20(15-8-10-18-11-9-15)17(22)13-4-6-14(7-5-13)19-16(21)12-2-3-12/h4-7,12,15,18H,2-3,8-11H2,1H3,(H,19,21). The molecule has 0 radical (unpaired) electrons. The van der Waals surface area contributed by atoms with E-state index in [9.17, 15) is 9.59 Å². The molecule has 1 aromatic rings. The number of hydrogen-bond acceptors (Lipinski definition) is 3. The van der Waals surface area contributed by atoms with E-state index < -0.39 is 0 Å². The third kappa shape index (κ3) is 3.47. The Hall–Kier alpha value is -1.88. The van der Waals surface area contributed by atoms with Gasteiger partial charge in [0.15, 0.2) is 0 Å². The number of nitrogens with zero attached hydrogens (tertiary/aromatic N) is 1.